The van der Waals surface area contributed by atoms with Gasteiger partial charge >= 0.3 is 0 Å². The molecule has 1 aromatic carbocycles. The van der Waals surface area contributed by atoms with Gasteiger partial charge < -0.3 is 19.9 Å². The maximum Gasteiger partial charge on any atom is 0.193 e. The van der Waals surface area contributed by atoms with Gasteiger partial charge in [0.15, 0.2) is 5.96 Å². The molecule has 1 aromatic rings. The van der Waals surface area contributed by atoms with Crippen molar-refractivity contribution in [1.29, 1.82) is 0 Å². The van der Waals surface area contributed by atoms with Crippen LogP contribution in [0.15, 0.2) is 41.9 Å². The third-order valence-corrected chi connectivity index (χ3v) is 4.74. The molecular formula is C20H33IN4O. The number of guanidine groups is 1. The molecule has 1 saturated heterocycles. The summed E-state index contributed by atoms with van der Waals surface area (Å²) in [6.07, 6.45) is 5.29. The Morgan fingerprint density at radius 2 is 2.23 bits per heavy atom. The van der Waals surface area contributed by atoms with Gasteiger partial charge in [0.2, 0.25) is 0 Å². The van der Waals surface area contributed by atoms with Crippen LogP contribution >= 0.6 is 24.0 Å². The van der Waals surface area contributed by atoms with Gasteiger partial charge in [0.25, 0.3) is 0 Å². The summed E-state index contributed by atoms with van der Waals surface area (Å²) < 4.78 is 5.50. The Bertz CT molecular complexity index is 579. The topological polar surface area (TPSA) is 40.1 Å². The van der Waals surface area contributed by atoms with E-state index in [9.17, 15) is 0 Å². The summed E-state index contributed by atoms with van der Waals surface area (Å²) >= 11 is 0. The molecule has 1 atom stereocenters. The number of nitrogens with zero attached hydrogens (tertiary/aromatic N) is 3. The average molecular weight is 472 g/mol. The molecule has 0 spiro atoms. The van der Waals surface area contributed by atoms with E-state index in [0.717, 1.165) is 50.7 Å². The summed E-state index contributed by atoms with van der Waals surface area (Å²) in [7, 11) is 5.68. The minimum atomic E-state index is 0. The van der Waals surface area contributed by atoms with Gasteiger partial charge in [-0.3, -0.25) is 4.99 Å². The monoisotopic (exact) mass is 472 g/mol. The van der Waals surface area contributed by atoms with E-state index in [1.165, 1.54) is 12.1 Å². The van der Waals surface area contributed by atoms with Crippen molar-refractivity contribution in [3.8, 4) is 5.75 Å². The molecule has 0 amide bonds. The van der Waals surface area contributed by atoms with Crippen LogP contribution in [0.5, 0.6) is 5.75 Å². The van der Waals surface area contributed by atoms with E-state index in [4.69, 9.17) is 4.74 Å². The fourth-order valence-corrected chi connectivity index (χ4v) is 3.31. The van der Waals surface area contributed by atoms with Crippen LogP contribution in [0.4, 0.5) is 5.69 Å². The molecule has 1 fully saturated rings. The van der Waals surface area contributed by atoms with Crippen LogP contribution in [-0.2, 0) is 0 Å². The van der Waals surface area contributed by atoms with Gasteiger partial charge in [-0.15, -0.1) is 30.6 Å². The molecule has 0 saturated carbocycles. The first-order valence-corrected chi connectivity index (χ1v) is 9.10. The van der Waals surface area contributed by atoms with E-state index in [0.29, 0.717) is 5.92 Å². The fourth-order valence-electron chi connectivity index (χ4n) is 3.31. The Morgan fingerprint density at radius 1 is 1.46 bits per heavy atom. The molecule has 1 heterocycles. The normalized spacial score (nSPS) is 16.8. The van der Waals surface area contributed by atoms with E-state index in [1.807, 2.05) is 25.3 Å². The molecule has 1 unspecified atom stereocenters. The quantitative estimate of drug-likeness (QED) is 0.206. The Morgan fingerprint density at radius 3 is 2.92 bits per heavy atom. The van der Waals surface area contributed by atoms with Crippen LogP contribution in [0.2, 0.25) is 0 Å². The SMILES string of the molecule is C=CCCCN(C)C(=NC)NCC1CCN(c2ccccc2OC)C1.I. The van der Waals surface area contributed by atoms with E-state index >= 15 is 0 Å². The van der Waals surface area contributed by atoms with Gasteiger partial charge in [0.05, 0.1) is 12.8 Å². The summed E-state index contributed by atoms with van der Waals surface area (Å²) in [5.74, 6) is 2.54. The van der Waals surface area contributed by atoms with Crippen LogP contribution in [0.3, 0.4) is 0 Å². The summed E-state index contributed by atoms with van der Waals surface area (Å²) in [5.41, 5.74) is 1.19. The number of anilines is 1. The maximum atomic E-state index is 5.50. The third-order valence-electron chi connectivity index (χ3n) is 4.74. The number of methoxy groups -OCH3 is 1. The molecule has 0 aromatic heterocycles. The van der Waals surface area contributed by atoms with Crippen LogP contribution in [0, 0.1) is 5.92 Å². The lowest BCUT2D eigenvalue weighted by Gasteiger charge is -2.24. The van der Waals surface area contributed by atoms with Crippen LogP contribution in [-0.4, -0.2) is 58.2 Å². The number of nitrogens with one attached hydrogen (secondary N) is 1. The maximum absolute atomic E-state index is 5.50. The van der Waals surface area contributed by atoms with Gasteiger partial charge in [0.1, 0.15) is 5.75 Å². The first-order valence-electron chi connectivity index (χ1n) is 9.10. The van der Waals surface area contributed by atoms with Gasteiger partial charge in [-0.2, -0.15) is 0 Å². The van der Waals surface area contributed by atoms with Crippen molar-refractivity contribution in [3.05, 3.63) is 36.9 Å². The van der Waals surface area contributed by atoms with Crippen molar-refractivity contribution in [2.45, 2.75) is 19.3 Å². The molecule has 0 bridgehead atoms. The Hall–Kier alpha value is -1.44. The smallest absolute Gasteiger partial charge is 0.193 e. The number of allylic oxidation sites excluding steroid dienone is 1. The minimum Gasteiger partial charge on any atom is -0.495 e. The first kappa shape index (κ1) is 22.6. The molecule has 0 aliphatic carbocycles. The zero-order valence-corrected chi connectivity index (χ0v) is 18.6. The second kappa shape index (κ2) is 12.0. The highest BCUT2D eigenvalue weighted by Gasteiger charge is 2.24. The van der Waals surface area contributed by atoms with Crippen molar-refractivity contribution < 1.29 is 4.74 Å². The van der Waals surface area contributed by atoms with Crippen molar-refractivity contribution in [1.82, 2.24) is 10.2 Å². The standard InChI is InChI=1S/C20H32N4O.HI/c1-5-6-9-13-23(3)20(21-2)22-15-17-12-14-24(16-17)18-10-7-8-11-19(18)25-4;/h5,7-8,10-11,17H,1,6,9,12-16H2,2-4H3,(H,21,22);1H. The molecule has 0 radical (unpaired) electrons. The number of hydrogen-bond acceptors (Lipinski definition) is 3. The fraction of sp³-hybridized carbons (Fsp3) is 0.550. The van der Waals surface area contributed by atoms with Gasteiger partial charge in [0, 0.05) is 40.3 Å². The lowest BCUT2D eigenvalue weighted by Crippen LogP contribution is -2.41. The molecule has 2 rings (SSSR count). The summed E-state index contributed by atoms with van der Waals surface area (Å²) in [6, 6.07) is 8.26. The summed E-state index contributed by atoms with van der Waals surface area (Å²) in [6.45, 7) is 7.83. The van der Waals surface area contributed by atoms with E-state index < -0.39 is 0 Å². The second-order valence-corrected chi connectivity index (χ2v) is 6.55. The zero-order valence-electron chi connectivity index (χ0n) is 16.3. The number of para-hydroxylation sites is 2. The number of hydrogen-bond donors (Lipinski definition) is 1. The highest BCUT2D eigenvalue weighted by Crippen LogP contribution is 2.31. The Balaban J connectivity index is 0.00000338. The van der Waals surface area contributed by atoms with Crippen LogP contribution < -0.4 is 15.0 Å². The molecule has 1 aliphatic rings. The first-order chi connectivity index (χ1) is 12.2. The van der Waals surface area contributed by atoms with E-state index in [2.05, 4.69) is 45.9 Å². The predicted octanol–water partition coefficient (Wildman–Crippen LogP) is 3.61. The predicted molar refractivity (Wildman–Crippen MR) is 122 cm³/mol. The zero-order chi connectivity index (χ0) is 18.1. The highest BCUT2D eigenvalue weighted by molar-refractivity contribution is 14.0. The molecule has 146 valence electrons. The summed E-state index contributed by atoms with van der Waals surface area (Å²) in [5, 5.41) is 3.53. The minimum absolute atomic E-state index is 0. The number of rotatable bonds is 8. The molecule has 5 nitrogen and oxygen atoms in total. The molecule has 6 heteroatoms. The van der Waals surface area contributed by atoms with Crippen molar-refractivity contribution in [2.24, 2.45) is 10.9 Å². The number of unbranched alkanes of at least 4 members (excludes halogenated alkanes) is 1. The number of ether oxygens (including phenoxy) is 1. The van der Waals surface area contributed by atoms with Crippen LogP contribution in [0.1, 0.15) is 19.3 Å². The van der Waals surface area contributed by atoms with Gasteiger partial charge in [-0.05, 0) is 37.3 Å². The Kier molecular flexibility index (Phi) is 10.5. The third kappa shape index (κ3) is 6.37. The van der Waals surface area contributed by atoms with Gasteiger partial charge in [-0.25, -0.2) is 0 Å². The second-order valence-electron chi connectivity index (χ2n) is 6.55. The average Bonchev–Trinajstić information content (AvgIpc) is 3.11. The van der Waals surface area contributed by atoms with Crippen molar-refractivity contribution >= 4 is 35.6 Å². The lowest BCUT2D eigenvalue weighted by atomic mass is 10.1. The van der Waals surface area contributed by atoms with Crippen molar-refractivity contribution in [2.75, 3.05) is 52.3 Å². The van der Waals surface area contributed by atoms with Gasteiger partial charge in [-0.1, -0.05) is 18.2 Å². The molecule has 26 heavy (non-hydrogen) atoms. The molecular weight excluding hydrogens is 439 g/mol. The number of halogens is 1. The number of aliphatic imine (C=N–C) groups is 1. The summed E-state index contributed by atoms with van der Waals surface area (Å²) in [4.78, 5) is 9.01. The van der Waals surface area contributed by atoms with Crippen molar-refractivity contribution in [3.63, 3.8) is 0 Å². The molecule has 1 aliphatic heterocycles. The highest BCUT2D eigenvalue weighted by atomic mass is 127. The van der Waals surface area contributed by atoms with Crippen LogP contribution in [0.25, 0.3) is 0 Å². The van der Waals surface area contributed by atoms with E-state index in [-0.39, 0.29) is 24.0 Å². The Labute approximate surface area is 175 Å². The number of benzene rings is 1. The van der Waals surface area contributed by atoms with E-state index in [1.54, 1.807) is 7.11 Å². The largest absolute Gasteiger partial charge is 0.495 e. The lowest BCUT2D eigenvalue weighted by molar-refractivity contribution is 0.414. The molecule has 1 N–H and O–H groups in total.